The van der Waals surface area contributed by atoms with Gasteiger partial charge in [-0.2, -0.15) is 0 Å². The summed E-state index contributed by atoms with van der Waals surface area (Å²) in [6, 6.07) is 1.88. The van der Waals surface area contributed by atoms with Gasteiger partial charge in [0.05, 0.1) is 9.50 Å². The standard InChI is InChI=1S/C13H13BrClN3OS/c14-11-7-9(15)8-17-12(11)18-4-1-10(2-5-18)19-13-16-3-6-20-13/h3,6-8,10H,1-2,4-5H2. The highest BCUT2D eigenvalue weighted by atomic mass is 79.9. The number of rotatable bonds is 3. The molecular formula is C13H13BrClN3OS. The Kier molecular flexibility index (Phi) is 4.43. The zero-order chi connectivity index (χ0) is 13.9. The van der Waals surface area contributed by atoms with Crippen LogP contribution in [0.4, 0.5) is 5.82 Å². The third kappa shape index (κ3) is 3.24. The van der Waals surface area contributed by atoms with Crippen molar-refractivity contribution in [3.8, 4) is 5.19 Å². The number of piperidine rings is 1. The highest BCUT2D eigenvalue weighted by Gasteiger charge is 2.23. The predicted molar refractivity (Wildman–Crippen MR) is 84.9 cm³/mol. The van der Waals surface area contributed by atoms with Crippen molar-refractivity contribution >= 4 is 44.7 Å². The molecule has 1 aliphatic heterocycles. The first-order chi connectivity index (χ1) is 9.72. The van der Waals surface area contributed by atoms with Gasteiger partial charge in [-0.25, -0.2) is 9.97 Å². The van der Waals surface area contributed by atoms with Crippen LogP contribution in [0.3, 0.4) is 0 Å². The molecule has 3 rings (SSSR count). The quantitative estimate of drug-likeness (QED) is 0.814. The molecule has 106 valence electrons. The van der Waals surface area contributed by atoms with E-state index in [9.17, 15) is 0 Å². The van der Waals surface area contributed by atoms with E-state index >= 15 is 0 Å². The number of nitrogens with zero attached hydrogens (tertiary/aromatic N) is 3. The number of thiazole rings is 1. The molecule has 1 fully saturated rings. The molecule has 2 aromatic rings. The summed E-state index contributed by atoms with van der Waals surface area (Å²) in [7, 11) is 0. The van der Waals surface area contributed by atoms with Gasteiger partial charge in [0.25, 0.3) is 5.19 Å². The van der Waals surface area contributed by atoms with Crippen LogP contribution in [-0.2, 0) is 0 Å². The summed E-state index contributed by atoms with van der Waals surface area (Å²) in [5, 5.41) is 3.33. The van der Waals surface area contributed by atoms with Crippen LogP contribution in [0.2, 0.25) is 5.02 Å². The smallest absolute Gasteiger partial charge is 0.273 e. The largest absolute Gasteiger partial charge is 0.467 e. The summed E-state index contributed by atoms with van der Waals surface area (Å²) >= 11 is 11.0. The van der Waals surface area contributed by atoms with Crippen molar-refractivity contribution < 1.29 is 4.74 Å². The molecule has 0 spiro atoms. The van der Waals surface area contributed by atoms with Crippen LogP contribution in [0.5, 0.6) is 5.19 Å². The van der Waals surface area contributed by atoms with Crippen LogP contribution in [0.15, 0.2) is 28.3 Å². The summed E-state index contributed by atoms with van der Waals surface area (Å²) in [6.45, 7) is 1.84. The lowest BCUT2D eigenvalue weighted by molar-refractivity contribution is 0.170. The average Bonchev–Trinajstić information content (AvgIpc) is 2.93. The van der Waals surface area contributed by atoms with Gasteiger partial charge in [-0.1, -0.05) is 22.9 Å². The molecule has 0 radical (unpaired) electrons. The number of ether oxygens (including phenoxy) is 1. The number of pyridine rings is 1. The van der Waals surface area contributed by atoms with Crippen LogP contribution < -0.4 is 9.64 Å². The maximum Gasteiger partial charge on any atom is 0.273 e. The topological polar surface area (TPSA) is 38.2 Å². The van der Waals surface area contributed by atoms with E-state index in [0.717, 1.165) is 41.4 Å². The van der Waals surface area contributed by atoms with Crippen molar-refractivity contribution in [1.29, 1.82) is 0 Å². The van der Waals surface area contributed by atoms with Gasteiger partial charge >= 0.3 is 0 Å². The molecule has 1 saturated heterocycles. The Hall–Kier alpha value is -0.850. The zero-order valence-corrected chi connectivity index (χ0v) is 13.8. The van der Waals surface area contributed by atoms with Gasteiger partial charge in [0.15, 0.2) is 0 Å². The van der Waals surface area contributed by atoms with Crippen molar-refractivity contribution in [2.75, 3.05) is 18.0 Å². The van der Waals surface area contributed by atoms with Gasteiger partial charge in [-0.05, 0) is 22.0 Å². The third-order valence-corrected chi connectivity index (χ3v) is 4.66. The molecule has 3 heterocycles. The van der Waals surface area contributed by atoms with E-state index in [2.05, 4.69) is 30.8 Å². The van der Waals surface area contributed by atoms with Crippen LogP contribution >= 0.6 is 38.9 Å². The first kappa shape index (κ1) is 14.1. The van der Waals surface area contributed by atoms with Crippen LogP contribution in [0, 0.1) is 0 Å². The van der Waals surface area contributed by atoms with Crippen molar-refractivity contribution in [3.05, 3.63) is 33.3 Å². The van der Waals surface area contributed by atoms with E-state index < -0.39 is 0 Å². The monoisotopic (exact) mass is 373 g/mol. The summed E-state index contributed by atoms with van der Waals surface area (Å²) in [5.74, 6) is 0.946. The van der Waals surface area contributed by atoms with Gasteiger partial charge in [0.2, 0.25) is 0 Å². The second kappa shape index (κ2) is 6.28. The highest BCUT2D eigenvalue weighted by molar-refractivity contribution is 9.10. The molecule has 0 aromatic carbocycles. The molecular weight excluding hydrogens is 362 g/mol. The predicted octanol–water partition coefficient (Wildman–Crippen LogP) is 4.00. The Morgan fingerprint density at radius 3 is 2.80 bits per heavy atom. The summed E-state index contributed by atoms with van der Waals surface area (Å²) in [5.41, 5.74) is 0. The zero-order valence-electron chi connectivity index (χ0n) is 10.6. The lowest BCUT2D eigenvalue weighted by Crippen LogP contribution is -2.38. The van der Waals surface area contributed by atoms with Crippen molar-refractivity contribution in [3.63, 3.8) is 0 Å². The molecule has 0 amide bonds. The summed E-state index contributed by atoms with van der Waals surface area (Å²) in [6.07, 6.45) is 5.62. The molecule has 0 unspecified atom stereocenters. The fourth-order valence-electron chi connectivity index (χ4n) is 2.24. The first-order valence-electron chi connectivity index (χ1n) is 6.34. The fraction of sp³-hybridized carbons (Fsp3) is 0.385. The number of hydrogen-bond acceptors (Lipinski definition) is 5. The third-order valence-electron chi connectivity index (χ3n) is 3.21. The Morgan fingerprint density at radius 1 is 1.35 bits per heavy atom. The van der Waals surface area contributed by atoms with Crippen LogP contribution in [0.25, 0.3) is 0 Å². The molecule has 0 saturated carbocycles. The van der Waals surface area contributed by atoms with E-state index in [4.69, 9.17) is 16.3 Å². The van der Waals surface area contributed by atoms with Crippen molar-refractivity contribution in [2.45, 2.75) is 18.9 Å². The Balaban J connectivity index is 1.60. The maximum atomic E-state index is 5.92. The summed E-state index contributed by atoms with van der Waals surface area (Å²) < 4.78 is 6.79. The van der Waals surface area contributed by atoms with E-state index in [-0.39, 0.29) is 6.10 Å². The van der Waals surface area contributed by atoms with Crippen molar-refractivity contribution in [2.24, 2.45) is 0 Å². The number of aromatic nitrogens is 2. The van der Waals surface area contributed by atoms with Gasteiger partial charge in [0.1, 0.15) is 11.9 Å². The fourth-order valence-corrected chi connectivity index (χ4v) is 3.68. The normalized spacial score (nSPS) is 16.4. The van der Waals surface area contributed by atoms with Gasteiger partial charge < -0.3 is 9.64 Å². The minimum Gasteiger partial charge on any atom is -0.467 e. The van der Waals surface area contributed by atoms with E-state index in [0.29, 0.717) is 5.02 Å². The number of halogens is 2. The first-order valence-corrected chi connectivity index (χ1v) is 8.39. The lowest BCUT2D eigenvalue weighted by Gasteiger charge is -2.32. The summed E-state index contributed by atoms with van der Waals surface area (Å²) in [4.78, 5) is 10.8. The Morgan fingerprint density at radius 2 is 2.15 bits per heavy atom. The Labute approximate surface area is 134 Å². The molecule has 20 heavy (non-hydrogen) atoms. The Bertz CT molecular complexity index is 573. The van der Waals surface area contributed by atoms with E-state index in [1.807, 2.05) is 11.4 Å². The molecule has 0 aliphatic carbocycles. The van der Waals surface area contributed by atoms with Crippen LogP contribution in [-0.4, -0.2) is 29.2 Å². The van der Waals surface area contributed by atoms with Crippen molar-refractivity contribution in [1.82, 2.24) is 9.97 Å². The van der Waals surface area contributed by atoms with E-state index in [1.54, 1.807) is 12.4 Å². The maximum absolute atomic E-state index is 5.92. The molecule has 1 aliphatic rings. The SMILES string of the molecule is Clc1cnc(N2CCC(Oc3nccs3)CC2)c(Br)c1. The molecule has 0 atom stereocenters. The van der Waals surface area contributed by atoms with Gasteiger partial charge in [-0.3, -0.25) is 0 Å². The van der Waals surface area contributed by atoms with Gasteiger partial charge in [0, 0.05) is 43.7 Å². The minimum atomic E-state index is 0.239. The average molecular weight is 375 g/mol. The second-order valence-corrected chi connectivity index (χ2v) is 6.71. The molecule has 0 bridgehead atoms. The molecule has 4 nitrogen and oxygen atoms in total. The molecule has 7 heteroatoms. The molecule has 0 N–H and O–H groups in total. The highest BCUT2D eigenvalue weighted by Crippen LogP contribution is 2.29. The van der Waals surface area contributed by atoms with E-state index in [1.165, 1.54) is 11.3 Å². The molecule has 2 aromatic heterocycles. The lowest BCUT2D eigenvalue weighted by atomic mass is 10.1. The number of hydrogen-bond donors (Lipinski definition) is 0. The minimum absolute atomic E-state index is 0.239. The van der Waals surface area contributed by atoms with Gasteiger partial charge in [-0.15, -0.1) is 0 Å². The second-order valence-electron chi connectivity index (χ2n) is 4.56. The van der Waals surface area contributed by atoms with Crippen LogP contribution in [0.1, 0.15) is 12.8 Å². The number of anilines is 1.